The predicted octanol–water partition coefficient (Wildman–Crippen LogP) is 4.71. The van der Waals surface area contributed by atoms with Gasteiger partial charge in [0.15, 0.2) is 0 Å². The molecule has 4 aromatic rings. The van der Waals surface area contributed by atoms with Crippen LogP contribution in [-0.2, 0) is 10.0 Å². The summed E-state index contributed by atoms with van der Waals surface area (Å²) in [4.78, 5) is 11.6. The average Bonchev–Trinajstić information content (AvgIpc) is 2.95. The first-order chi connectivity index (χ1) is 18.0. The Hall–Kier alpha value is -3.33. The average molecular weight is 515 g/mol. The van der Waals surface area contributed by atoms with Gasteiger partial charge < -0.3 is 4.74 Å². The lowest BCUT2D eigenvalue weighted by molar-refractivity contribution is 0.00490. The van der Waals surface area contributed by atoms with Crippen LogP contribution in [0.1, 0.15) is 24.4 Å². The highest BCUT2D eigenvalue weighted by Gasteiger charge is 2.44. The molecule has 0 aliphatic carbocycles. The summed E-state index contributed by atoms with van der Waals surface area (Å²) in [5.41, 5.74) is 2.16. The van der Waals surface area contributed by atoms with Gasteiger partial charge in [-0.1, -0.05) is 24.3 Å². The van der Waals surface area contributed by atoms with E-state index in [1.807, 2.05) is 42.5 Å². The highest BCUT2D eigenvalue weighted by atomic mass is 32.2. The van der Waals surface area contributed by atoms with Crippen molar-refractivity contribution in [1.82, 2.24) is 19.6 Å². The van der Waals surface area contributed by atoms with E-state index in [0.717, 1.165) is 47.8 Å². The lowest BCUT2D eigenvalue weighted by Crippen LogP contribution is -2.57. The first-order valence-corrected chi connectivity index (χ1v) is 14.1. The van der Waals surface area contributed by atoms with Crippen molar-refractivity contribution in [3.63, 3.8) is 0 Å². The number of ether oxygens (including phenoxy) is 1. The Morgan fingerprint density at radius 2 is 2.00 bits per heavy atom. The van der Waals surface area contributed by atoms with Gasteiger partial charge in [-0.05, 0) is 73.2 Å². The predicted molar refractivity (Wildman–Crippen MR) is 145 cm³/mol. The van der Waals surface area contributed by atoms with Gasteiger partial charge in [0.2, 0.25) is 10.0 Å². The van der Waals surface area contributed by atoms with Crippen molar-refractivity contribution < 1.29 is 13.2 Å². The van der Waals surface area contributed by atoms with Gasteiger partial charge in [0.05, 0.1) is 24.2 Å². The molecule has 37 heavy (non-hydrogen) atoms. The minimum absolute atomic E-state index is 0.00413. The minimum Gasteiger partial charge on any atom is -0.497 e. The van der Waals surface area contributed by atoms with Crippen molar-refractivity contribution in [2.45, 2.75) is 29.8 Å². The molecular weight excluding hydrogens is 484 g/mol. The van der Waals surface area contributed by atoms with Crippen LogP contribution in [0.2, 0.25) is 0 Å². The largest absolute Gasteiger partial charge is 0.497 e. The summed E-state index contributed by atoms with van der Waals surface area (Å²) in [7, 11) is -2.28. The van der Waals surface area contributed by atoms with Crippen LogP contribution in [0.4, 0.5) is 0 Å². The number of piperidine rings is 3. The van der Waals surface area contributed by atoms with E-state index in [0.29, 0.717) is 23.1 Å². The summed E-state index contributed by atoms with van der Waals surface area (Å²) in [5, 5.41) is 1.67. The zero-order valence-electron chi connectivity index (χ0n) is 20.7. The van der Waals surface area contributed by atoms with Gasteiger partial charge in [0, 0.05) is 35.8 Å². The summed E-state index contributed by atoms with van der Waals surface area (Å²) >= 11 is 0. The lowest BCUT2D eigenvalue weighted by atomic mass is 9.73. The second-order valence-electron chi connectivity index (χ2n) is 9.96. The first kappa shape index (κ1) is 24.0. The number of methoxy groups -OCH3 is 1. The van der Waals surface area contributed by atoms with Gasteiger partial charge >= 0.3 is 0 Å². The molecule has 7 rings (SSSR count). The van der Waals surface area contributed by atoms with E-state index < -0.39 is 16.1 Å². The summed E-state index contributed by atoms with van der Waals surface area (Å²) in [6.45, 7) is 5.88. The van der Waals surface area contributed by atoms with Crippen molar-refractivity contribution in [1.29, 1.82) is 0 Å². The van der Waals surface area contributed by atoms with Crippen LogP contribution < -0.4 is 9.46 Å². The fourth-order valence-corrected chi connectivity index (χ4v) is 7.57. The third-order valence-electron chi connectivity index (χ3n) is 8.02. The number of rotatable bonds is 7. The number of benzene rings is 2. The van der Waals surface area contributed by atoms with Gasteiger partial charge in [0.1, 0.15) is 10.6 Å². The van der Waals surface area contributed by atoms with Gasteiger partial charge in [-0.15, -0.1) is 6.58 Å². The Morgan fingerprint density at radius 1 is 1.14 bits per heavy atom. The number of pyridine rings is 2. The normalized spacial score (nSPS) is 24.2. The molecule has 2 aromatic carbocycles. The molecule has 0 amide bonds. The zero-order chi connectivity index (χ0) is 25.6. The standard InChI is InChI=1S/C29H30N4O3S/c1-3-19-18-33-15-12-21(19)16-26(33)29(23-11-14-30-25-10-9-22(36-2)17-24(23)25)32-37(34,35)27-8-4-6-20-7-5-13-31-28(20)27/h3-11,13-14,17,19,21,26,29,32H,1,12,15-16,18H2,2H3. The fourth-order valence-electron chi connectivity index (χ4n) is 6.14. The number of sulfonamides is 1. The summed E-state index contributed by atoms with van der Waals surface area (Å²) in [5.74, 6) is 1.62. The maximum atomic E-state index is 14.0. The molecule has 190 valence electrons. The van der Waals surface area contributed by atoms with E-state index in [1.54, 1.807) is 31.6 Å². The zero-order valence-corrected chi connectivity index (χ0v) is 21.6. The molecular formula is C29H30N4O3S. The lowest BCUT2D eigenvalue weighted by Gasteiger charge is -2.51. The maximum absolute atomic E-state index is 14.0. The third kappa shape index (κ3) is 4.29. The van der Waals surface area contributed by atoms with Gasteiger partial charge in [-0.3, -0.25) is 14.9 Å². The fraction of sp³-hybridized carbons (Fsp3) is 0.310. The van der Waals surface area contributed by atoms with E-state index in [4.69, 9.17) is 4.74 Å². The molecule has 1 N–H and O–H groups in total. The summed E-state index contributed by atoms with van der Waals surface area (Å²) in [6.07, 6.45) is 7.44. The highest BCUT2D eigenvalue weighted by Crippen LogP contribution is 2.43. The molecule has 5 atom stereocenters. The molecule has 3 saturated heterocycles. The van der Waals surface area contributed by atoms with E-state index in [1.165, 1.54) is 0 Å². The molecule has 3 aliphatic heterocycles. The Labute approximate surface area is 217 Å². The number of nitrogens with one attached hydrogen (secondary N) is 1. The number of nitrogens with zero attached hydrogens (tertiary/aromatic N) is 3. The van der Waals surface area contributed by atoms with Crippen molar-refractivity contribution in [3.8, 4) is 5.75 Å². The van der Waals surface area contributed by atoms with E-state index in [2.05, 4.69) is 32.2 Å². The Morgan fingerprint density at radius 3 is 2.78 bits per heavy atom. The number of aromatic nitrogens is 2. The quantitative estimate of drug-likeness (QED) is 0.360. The molecule has 2 bridgehead atoms. The smallest absolute Gasteiger partial charge is 0.243 e. The van der Waals surface area contributed by atoms with Crippen LogP contribution >= 0.6 is 0 Å². The molecule has 0 saturated carbocycles. The van der Waals surface area contributed by atoms with Gasteiger partial charge in [-0.2, -0.15) is 0 Å². The monoisotopic (exact) mass is 514 g/mol. The minimum atomic E-state index is -3.91. The number of hydrogen-bond acceptors (Lipinski definition) is 6. The van der Waals surface area contributed by atoms with Crippen LogP contribution in [0.3, 0.4) is 0 Å². The van der Waals surface area contributed by atoms with Crippen LogP contribution in [0.25, 0.3) is 21.8 Å². The SMILES string of the molecule is C=CC1CN2CCC1CC2C(NS(=O)(=O)c1cccc2cccnc12)c1ccnc2ccc(OC)cc12. The van der Waals surface area contributed by atoms with E-state index in [-0.39, 0.29) is 10.9 Å². The molecule has 3 aliphatic rings. The van der Waals surface area contributed by atoms with Crippen LogP contribution in [0, 0.1) is 11.8 Å². The number of para-hydroxylation sites is 1. The van der Waals surface area contributed by atoms with Crippen LogP contribution in [-0.4, -0.2) is 49.5 Å². The van der Waals surface area contributed by atoms with E-state index in [9.17, 15) is 8.42 Å². The maximum Gasteiger partial charge on any atom is 0.243 e. The molecule has 0 spiro atoms. The topological polar surface area (TPSA) is 84.4 Å². The second kappa shape index (κ2) is 9.52. The first-order valence-electron chi connectivity index (χ1n) is 12.6. The van der Waals surface area contributed by atoms with Gasteiger partial charge in [-0.25, -0.2) is 13.1 Å². The summed E-state index contributed by atoms with van der Waals surface area (Å²) in [6, 6.07) is 16.2. The van der Waals surface area contributed by atoms with Crippen molar-refractivity contribution in [3.05, 3.63) is 85.2 Å². The highest BCUT2D eigenvalue weighted by molar-refractivity contribution is 7.89. The Bertz CT molecular complexity index is 1580. The molecule has 5 unspecified atom stereocenters. The number of hydrogen-bond donors (Lipinski definition) is 1. The Kier molecular flexibility index (Phi) is 6.18. The molecule has 2 aromatic heterocycles. The second-order valence-corrected chi connectivity index (χ2v) is 11.6. The molecule has 7 nitrogen and oxygen atoms in total. The molecule has 8 heteroatoms. The van der Waals surface area contributed by atoms with Gasteiger partial charge in [0.25, 0.3) is 0 Å². The van der Waals surface area contributed by atoms with Crippen LogP contribution in [0.15, 0.2) is 84.5 Å². The summed E-state index contributed by atoms with van der Waals surface area (Å²) < 4.78 is 36.7. The van der Waals surface area contributed by atoms with Crippen molar-refractivity contribution in [2.24, 2.45) is 11.8 Å². The Balaban J connectivity index is 1.49. The third-order valence-corrected chi connectivity index (χ3v) is 9.50. The van der Waals surface area contributed by atoms with E-state index >= 15 is 0 Å². The van der Waals surface area contributed by atoms with Crippen LogP contribution in [0.5, 0.6) is 5.75 Å². The van der Waals surface area contributed by atoms with Crippen molar-refractivity contribution in [2.75, 3.05) is 20.2 Å². The van der Waals surface area contributed by atoms with Crippen molar-refractivity contribution >= 4 is 31.8 Å². The molecule has 5 heterocycles. The molecule has 3 fully saturated rings. The number of fused-ring (bicyclic) bond motifs is 5. The molecule has 0 radical (unpaired) electrons.